The van der Waals surface area contributed by atoms with Crippen molar-refractivity contribution in [2.75, 3.05) is 25.9 Å². The van der Waals surface area contributed by atoms with Crippen molar-refractivity contribution in [3.05, 3.63) is 48.3 Å². The van der Waals surface area contributed by atoms with Gasteiger partial charge in [-0.05, 0) is 56.1 Å². The van der Waals surface area contributed by atoms with Crippen LogP contribution in [0.4, 0.5) is 0 Å². The van der Waals surface area contributed by atoms with Crippen LogP contribution in [0.1, 0.15) is 18.4 Å². The van der Waals surface area contributed by atoms with Gasteiger partial charge in [-0.2, -0.15) is 5.10 Å². The van der Waals surface area contributed by atoms with E-state index in [2.05, 4.69) is 15.7 Å². The number of amides is 1. The molecule has 0 radical (unpaired) electrons. The lowest BCUT2D eigenvalue weighted by atomic mass is 9.95. The van der Waals surface area contributed by atoms with E-state index in [9.17, 15) is 13.2 Å². The maximum absolute atomic E-state index is 12.6. The Bertz CT molecular complexity index is 845. The largest absolute Gasteiger partial charge is 0.354 e. The van der Waals surface area contributed by atoms with Gasteiger partial charge >= 0.3 is 0 Å². The number of hydrogen-bond acceptors (Lipinski definition) is 5. The Balaban J connectivity index is 0.00000261. The molecular formula is C18H25ClN4O3S. The number of halogens is 1. The average molecular weight is 413 g/mol. The highest BCUT2D eigenvalue weighted by atomic mass is 35.5. The summed E-state index contributed by atoms with van der Waals surface area (Å²) in [5.74, 6) is -0.380. The molecule has 2 heterocycles. The molecule has 0 bridgehead atoms. The molecule has 0 saturated carbocycles. The van der Waals surface area contributed by atoms with Gasteiger partial charge in [0.2, 0.25) is 5.91 Å². The molecule has 1 aromatic carbocycles. The van der Waals surface area contributed by atoms with Gasteiger partial charge in [0.05, 0.1) is 5.69 Å². The van der Waals surface area contributed by atoms with Crippen LogP contribution in [0.2, 0.25) is 0 Å². The van der Waals surface area contributed by atoms with Gasteiger partial charge in [-0.15, -0.1) is 12.4 Å². The zero-order valence-electron chi connectivity index (χ0n) is 15.2. The lowest BCUT2D eigenvalue weighted by molar-refractivity contribution is -0.124. The standard InChI is InChI=1S/C18H24N4O3S.ClH/c1-26(24,25)18(8-12-19-13-9-18)17(23)20-11-7-15-3-5-16(6-4-15)22-14-2-10-21-22;/h2-6,10,14,19H,7-9,11-13H2,1H3,(H,20,23);1H. The number of sulfone groups is 1. The monoisotopic (exact) mass is 412 g/mol. The molecule has 27 heavy (non-hydrogen) atoms. The summed E-state index contributed by atoms with van der Waals surface area (Å²) in [5.41, 5.74) is 2.04. The Hall–Kier alpha value is -1.90. The summed E-state index contributed by atoms with van der Waals surface area (Å²) in [6.45, 7) is 1.48. The molecule has 0 aliphatic carbocycles. The van der Waals surface area contributed by atoms with Gasteiger partial charge in [-0.25, -0.2) is 13.1 Å². The van der Waals surface area contributed by atoms with Crippen LogP contribution in [0.3, 0.4) is 0 Å². The number of nitrogens with zero attached hydrogens (tertiary/aromatic N) is 2. The lowest BCUT2D eigenvalue weighted by Gasteiger charge is -2.34. The average Bonchev–Trinajstić information content (AvgIpc) is 3.16. The smallest absolute Gasteiger partial charge is 0.241 e. The van der Waals surface area contributed by atoms with E-state index in [1.807, 2.05) is 36.5 Å². The summed E-state index contributed by atoms with van der Waals surface area (Å²) in [7, 11) is -3.47. The highest BCUT2D eigenvalue weighted by Gasteiger charge is 2.48. The van der Waals surface area contributed by atoms with Gasteiger partial charge in [0, 0.05) is 25.2 Å². The second-order valence-electron chi connectivity index (χ2n) is 6.64. The maximum Gasteiger partial charge on any atom is 0.241 e. The molecule has 0 spiro atoms. The first-order valence-electron chi connectivity index (χ1n) is 8.70. The summed E-state index contributed by atoms with van der Waals surface area (Å²) >= 11 is 0. The Morgan fingerprint density at radius 2 is 1.93 bits per heavy atom. The van der Waals surface area contributed by atoms with Crippen LogP contribution in [0.25, 0.3) is 5.69 Å². The third-order valence-corrected chi connectivity index (χ3v) is 6.95. The number of rotatable bonds is 6. The van der Waals surface area contributed by atoms with E-state index in [1.54, 1.807) is 10.9 Å². The Kier molecular flexibility index (Phi) is 7.02. The molecule has 2 N–H and O–H groups in total. The first kappa shape index (κ1) is 21.4. The minimum Gasteiger partial charge on any atom is -0.354 e. The van der Waals surface area contributed by atoms with Crippen LogP contribution >= 0.6 is 12.4 Å². The molecule has 1 fully saturated rings. The first-order chi connectivity index (χ1) is 12.4. The minimum atomic E-state index is -3.47. The minimum absolute atomic E-state index is 0. The van der Waals surface area contributed by atoms with E-state index in [0.717, 1.165) is 17.5 Å². The van der Waals surface area contributed by atoms with Crippen molar-refractivity contribution in [3.63, 3.8) is 0 Å². The predicted molar refractivity (Wildman–Crippen MR) is 107 cm³/mol. The maximum atomic E-state index is 12.6. The molecule has 1 aromatic heterocycles. The fourth-order valence-electron chi connectivity index (χ4n) is 3.32. The third kappa shape index (κ3) is 4.69. The van der Waals surface area contributed by atoms with Crippen molar-refractivity contribution in [1.82, 2.24) is 20.4 Å². The zero-order chi connectivity index (χ0) is 18.6. The summed E-state index contributed by atoms with van der Waals surface area (Å²) < 4.78 is 24.9. The summed E-state index contributed by atoms with van der Waals surface area (Å²) in [4.78, 5) is 12.6. The highest BCUT2D eigenvalue weighted by Crippen LogP contribution is 2.27. The molecule has 0 unspecified atom stereocenters. The fourth-order valence-corrected chi connectivity index (χ4v) is 4.67. The summed E-state index contributed by atoms with van der Waals surface area (Å²) in [6, 6.07) is 9.77. The lowest BCUT2D eigenvalue weighted by Crippen LogP contribution is -2.57. The molecule has 9 heteroatoms. The summed E-state index contributed by atoms with van der Waals surface area (Å²) in [6.07, 6.45) is 6.03. The van der Waals surface area contributed by atoms with E-state index in [0.29, 0.717) is 38.9 Å². The number of carbonyl (C=O) groups excluding carboxylic acids is 1. The number of benzene rings is 1. The van der Waals surface area contributed by atoms with Crippen molar-refractivity contribution in [2.24, 2.45) is 0 Å². The second kappa shape index (κ2) is 8.86. The van der Waals surface area contributed by atoms with Gasteiger partial charge in [0.15, 0.2) is 14.6 Å². The molecule has 1 aliphatic heterocycles. The van der Waals surface area contributed by atoms with Crippen molar-refractivity contribution in [2.45, 2.75) is 24.0 Å². The molecule has 1 aliphatic rings. The molecule has 2 aromatic rings. The molecule has 0 atom stereocenters. The number of piperidine rings is 1. The van der Waals surface area contributed by atoms with Gasteiger partial charge < -0.3 is 10.6 Å². The molecule has 1 saturated heterocycles. The van der Waals surface area contributed by atoms with E-state index >= 15 is 0 Å². The van der Waals surface area contributed by atoms with Gasteiger partial charge in [-0.3, -0.25) is 4.79 Å². The van der Waals surface area contributed by atoms with Crippen molar-refractivity contribution in [1.29, 1.82) is 0 Å². The van der Waals surface area contributed by atoms with Gasteiger partial charge in [-0.1, -0.05) is 12.1 Å². The Morgan fingerprint density at radius 1 is 1.26 bits per heavy atom. The predicted octanol–water partition coefficient (Wildman–Crippen LogP) is 1.12. The Morgan fingerprint density at radius 3 is 2.48 bits per heavy atom. The fraction of sp³-hybridized carbons (Fsp3) is 0.444. The quantitative estimate of drug-likeness (QED) is 0.741. The van der Waals surface area contributed by atoms with Gasteiger partial charge in [0.1, 0.15) is 0 Å². The van der Waals surface area contributed by atoms with Crippen LogP contribution < -0.4 is 10.6 Å². The third-order valence-electron chi connectivity index (χ3n) is 4.94. The van der Waals surface area contributed by atoms with E-state index < -0.39 is 14.6 Å². The normalized spacial score (nSPS) is 16.3. The molecule has 148 valence electrons. The van der Waals surface area contributed by atoms with Crippen LogP contribution in [-0.2, 0) is 21.1 Å². The van der Waals surface area contributed by atoms with Gasteiger partial charge in [0.25, 0.3) is 0 Å². The number of nitrogens with one attached hydrogen (secondary N) is 2. The number of carbonyl (C=O) groups is 1. The Labute approximate surface area is 165 Å². The van der Waals surface area contributed by atoms with Crippen LogP contribution in [-0.4, -0.2) is 54.7 Å². The highest BCUT2D eigenvalue weighted by molar-refractivity contribution is 7.92. The van der Waals surface area contributed by atoms with Crippen molar-refractivity contribution >= 4 is 28.2 Å². The number of aromatic nitrogens is 2. The van der Waals surface area contributed by atoms with Crippen LogP contribution in [0.15, 0.2) is 42.7 Å². The molecular weight excluding hydrogens is 388 g/mol. The molecule has 1 amide bonds. The van der Waals surface area contributed by atoms with E-state index in [-0.39, 0.29) is 18.3 Å². The van der Waals surface area contributed by atoms with E-state index in [1.165, 1.54) is 0 Å². The SMILES string of the molecule is CS(=O)(=O)C1(C(=O)NCCc2ccc(-n3cccn3)cc2)CCNCC1.Cl. The first-order valence-corrected chi connectivity index (χ1v) is 10.6. The van der Waals surface area contributed by atoms with Crippen molar-refractivity contribution in [3.8, 4) is 5.69 Å². The summed E-state index contributed by atoms with van der Waals surface area (Å²) in [5, 5.41) is 10.1. The van der Waals surface area contributed by atoms with E-state index in [4.69, 9.17) is 0 Å². The zero-order valence-corrected chi connectivity index (χ0v) is 16.9. The number of hydrogen-bond donors (Lipinski definition) is 2. The topological polar surface area (TPSA) is 93.1 Å². The van der Waals surface area contributed by atoms with Crippen molar-refractivity contribution < 1.29 is 13.2 Å². The molecule has 7 nitrogen and oxygen atoms in total. The second-order valence-corrected chi connectivity index (χ2v) is 8.97. The molecule has 3 rings (SSSR count). The van der Waals surface area contributed by atoms with Crippen LogP contribution in [0.5, 0.6) is 0 Å². The van der Waals surface area contributed by atoms with Crippen LogP contribution in [0, 0.1) is 0 Å².